The lowest BCUT2D eigenvalue weighted by molar-refractivity contribution is -0.297. The number of hydrogen-bond donors (Lipinski definition) is 0. The molecule has 31 heavy (non-hydrogen) atoms. The number of esters is 5. The molecule has 0 aromatic rings. The van der Waals surface area contributed by atoms with Gasteiger partial charge in [0.2, 0.25) is 12.4 Å². The quantitative estimate of drug-likeness (QED) is 0.205. The minimum atomic E-state index is -1.41. The summed E-state index contributed by atoms with van der Waals surface area (Å²) >= 11 is 0. The first-order chi connectivity index (χ1) is 14.5. The topological polar surface area (TPSA) is 150 Å². The Morgan fingerprint density at radius 1 is 0.774 bits per heavy atom. The van der Waals surface area contributed by atoms with Crippen molar-refractivity contribution in [2.24, 2.45) is 0 Å². The molecule has 1 heterocycles. The Labute approximate surface area is 178 Å². The van der Waals surface area contributed by atoms with Crippen molar-refractivity contribution in [1.29, 1.82) is 0 Å². The highest BCUT2D eigenvalue weighted by molar-refractivity contribution is 5.81. The maximum absolute atomic E-state index is 11.7. The molecule has 0 spiro atoms. The molecule has 12 heteroatoms. The summed E-state index contributed by atoms with van der Waals surface area (Å²) in [7, 11) is 0. The molecule has 174 valence electrons. The van der Waals surface area contributed by atoms with Crippen molar-refractivity contribution in [3.63, 3.8) is 0 Å². The summed E-state index contributed by atoms with van der Waals surface area (Å²) in [5.74, 6) is -3.63. The Morgan fingerprint density at radius 2 is 1.32 bits per heavy atom. The highest BCUT2D eigenvalue weighted by Gasteiger charge is 2.53. The zero-order valence-corrected chi connectivity index (χ0v) is 17.9. The third-order valence-corrected chi connectivity index (χ3v) is 3.65. The lowest BCUT2D eigenvalue weighted by Crippen LogP contribution is -2.62. The summed E-state index contributed by atoms with van der Waals surface area (Å²) in [5, 5.41) is 0. The standard InChI is InChI=1S/C19H26O12/c1-6-25-15(24)7-8-26-19-18(30-13(5)23)17(29-12(4)22)16(28-11(3)21)14(31-19)9-27-10(2)20/h7-8,14,16-19H,6,9H2,1-5H3/b8-7+/t14?,16-,17?,18?,19-/m0/s1. The molecule has 0 radical (unpaired) electrons. The molecule has 1 aliphatic heterocycles. The van der Waals surface area contributed by atoms with E-state index in [1.807, 2.05) is 0 Å². The van der Waals surface area contributed by atoms with Crippen LogP contribution in [-0.2, 0) is 57.1 Å². The molecule has 0 amide bonds. The SMILES string of the molecule is CCOC(=O)/C=C/O[C@H]1OC(COC(C)=O)[C@H](OC(C)=O)C(OC(C)=O)C1OC(C)=O. The molecule has 12 nitrogen and oxygen atoms in total. The van der Waals surface area contributed by atoms with Gasteiger partial charge in [-0.25, -0.2) is 4.79 Å². The van der Waals surface area contributed by atoms with E-state index in [0.717, 1.165) is 40.0 Å². The lowest BCUT2D eigenvalue weighted by Gasteiger charge is -2.43. The first-order valence-corrected chi connectivity index (χ1v) is 9.34. The Kier molecular flexibility index (Phi) is 10.5. The van der Waals surface area contributed by atoms with Gasteiger partial charge in [0.05, 0.1) is 18.9 Å². The van der Waals surface area contributed by atoms with Crippen molar-refractivity contribution in [3.8, 4) is 0 Å². The third kappa shape index (κ3) is 9.03. The van der Waals surface area contributed by atoms with Gasteiger partial charge in [-0.1, -0.05) is 0 Å². The maximum atomic E-state index is 11.7. The van der Waals surface area contributed by atoms with Gasteiger partial charge in [-0.2, -0.15) is 0 Å². The summed E-state index contributed by atoms with van der Waals surface area (Å²) in [5.41, 5.74) is 0. The van der Waals surface area contributed by atoms with Gasteiger partial charge in [-0.15, -0.1) is 0 Å². The van der Waals surface area contributed by atoms with Crippen molar-refractivity contribution in [1.82, 2.24) is 0 Å². The van der Waals surface area contributed by atoms with Crippen LogP contribution in [0, 0.1) is 0 Å². The van der Waals surface area contributed by atoms with Gasteiger partial charge in [0, 0.05) is 27.7 Å². The molecule has 0 aromatic heterocycles. The molecule has 0 saturated carbocycles. The fraction of sp³-hybridized carbons (Fsp3) is 0.632. The van der Waals surface area contributed by atoms with Gasteiger partial charge in [0.25, 0.3) is 0 Å². The number of carbonyl (C=O) groups excluding carboxylic acids is 5. The van der Waals surface area contributed by atoms with Gasteiger partial charge >= 0.3 is 29.8 Å². The predicted octanol–water partition coefficient (Wildman–Crippen LogP) is 0.163. The minimum Gasteiger partial charge on any atom is -0.468 e. The Balaban J connectivity index is 3.26. The van der Waals surface area contributed by atoms with E-state index < -0.39 is 60.6 Å². The molecule has 3 unspecified atom stereocenters. The second-order valence-corrected chi connectivity index (χ2v) is 6.26. The zero-order valence-electron chi connectivity index (χ0n) is 17.9. The molecule has 1 saturated heterocycles. The number of hydrogen-bond acceptors (Lipinski definition) is 12. The van der Waals surface area contributed by atoms with E-state index in [2.05, 4.69) is 0 Å². The van der Waals surface area contributed by atoms with Crippen molar-refractivity contribution in [2.75, 3.05) is 13.2 Å². The van der Waals surface area contributed by atoms with Gasteiger partial charge in [-0.3, -0.25) is 19.2 Å². The molecule has 0 aliphatic carbocycles. The van der Waals surface area contributed by atoms with Crippen molar-refractivity contribution in [2.45, 2.75) is 65.3 Å². The minimum absolute atomic E-state index is 0.141. The van der Waals surface area contributed by atoms with Crippen LogP contribution in [0.1, 0.15) is 34.6 Å². The van der Waals surface area contributed by atoms with Crippen LogP contribution < -0.4 is 0 Å². The molecule has 0 bridgehead atoms. The second-order valence-electron chi connectivity index (χ2n) is 6.26. The molecular formula is C19H26O12. The van der Waals surface area contributed by atoms with E-state index in [0.29, 0.717) is 0 Å². The summed E-state index contributed by atoms with van der Waals surface area (Å²) in [4.78, 5) is 57.7. The zero-order chi connectivity index (χ0) is 23.6. The smallest absolute Gasteiger partial charge is 0.333 e. The van der Waals surface area contributed by atoms with E-state index in [9.17, 15) is 24.0 Å². The van der Waals surface area contributed by atoms with Gasteiger partial charge < -0.3 is 33.2 Å². The van der Waals surface area contributed by atoms with Crippen molar-refractivity contribution in [3.05, 3.63) is 12.3 Å². The maximum Gasteiger partial charge on any atom is 0.333 e. The van der Waals surface area contributed by atoms with Crippen LogP contribution in [0.4, 0.5) is 0 Å². The van der Waals surface area contributed by atoms with E-state index in [1.165, 1.54) is 0 Å². The van der Waals surface area contributed by atoms with E-state index in [4.69, 9.17) is 33.2 Å². The van der Waals surface area contributed by atoms with Gasteiger partial charge in [-0.05, 0) is 6.92 Å². The Bertz CT molecular complexity index is 700. The molecule has 1 fully saturated rings. The molecule has 1 rings (SSSR count). The third-order valence-electron chi connectivity index (χ3n) is 3.65. The van der Waals surface area contributed by atoms with Crippen LogP contribution in [0.2, 0.25) is 0 Å². The van der Waals surface area contributed by atoms with Crippen molar-refractivity contribution < 1.29 is 57.1 Å². The lowest BCUT2D eigenvalue weighted by atomic mass is 9.98. The first-order valence-electron chi connectivity index (χ1n) is 9.34. The monoisotopic (exact) mass is 446 g/mol. The van der Waals surface area contributed by atoms with Crippen LogP contribution in [0.5, 0.6) is 0 Å². The average Bonchev–Trinajstić information content (AvgIpc) is 2.63. The highest BCUT2D eigenvalue weighted by atomic mass is 16.7. The Hall–Kier alpha value is -3.15. The number of ether oxygens (including phenoxy) is 7. The van der Waals surface area contributed by atoms with Crippen LogP contribution in [-0.4, -0.2) is 73.8 Å². The van der Waals surface area contributed by atoms with E-state index >= 15 is 0 Å². The Morgan fingerprint density at radius 3 is 1.84 bits per heavy atom. The summed E-state index contributed by atoms with van der Waals surface area (Å²) in [6.45, 7) is 5.84. The highest BCUT2D eigenvalue weighted by Crippen LogP contribution is 2.30. The summed E-state index contributed by atoms with van der Waals surface area (Å²) in [6, 6.07) is 0. The van der Waals surface area contributed by atoms with Crippen molar-refractivity contribution >= 4 is 29.8 Å². The van der Waals surface area contributed by atoms with Crippen LogP contribution in [0.3, 0.4) is 0 Å². The largest absolute Gasteiger partial charge is 0.468 e. The average molecular weight is 446 g/mol. The predicted molar refractivity (Wildman–Crippen MR) is 98.8 cm³/mol. The van der Waals surface area contributed by atoms with Crippen LogP contribution in [0.15, 0.2) is 12.3 Å². The fourth-order valence-corrected chi connectivity index (χ4v) is 2.66. The fourth-order valence-electron chi connectivity index (χ4n) is 2.66. The van der Waals surface area contributed by atoms with E-state index in [-0.39, 0.29) is 13.2 Å². The van der Waals surface area contributed by atoms with Crippen LogP contribution in [0.25, 0.3) is 0 Å². The first kappa shape index (κ1) is 25.9. The summed E-state index contributed by atoms with van der Waals surface area (Å²) < 4.78 is 36.3. The molecule has 0 N–H and O–H groups in total. The number of carbonyl (C=O) groups is 5. The van der Waals surface area contributed by atoms with Gasteiger partial charge in [0.1, 0.15) is 12.7 Å². The molecule has 0 aromatic carbocycles. The van der Waals surface area contributed by atoms with Gasteiger partial charge in [0.15, 0.2) is 12.2 Å². The molecular weight excluding hydrogens is 420 g/mol. The number of rotatable bonds is 9. The normalized spacial score (nSPS) is 25.3. The van der Waals surface area contributed by atoms with E-state index in [1.54, 1.807) is 6.92 Å². The molecule has 5 atom stereocenters. The molecule has 1 aliphatic rings. The van der Waals surface area contributed by atoms with Crippen LogP contribution >= 0.6 is 0 Å². The summed E-state index contributed by atoms with van der Waals surface area (Å²) in [6.07, 6.45) is -4.70. The second kappa shape index (κ2) is 12.5.